The third-order valence-corrected chi connectivity index (χ3v) is 4.57. The minimum Gasteiger partial charge on any atom is -0.468 e. The normalized spacial score (nSPS) is 13.5. The van der Waals surface area contributed by atoms with Gasteiger partial charge in [0.1, 0.15) is 12.6 Å². The number of methoxy groups -OCH3 is 1. The molecule has 0 heterocycles. The molecule has 0 fully saturated rings. The van der Waals surface area contributed by atoms with Crippen molar-refractivity contribution in [1.29, 1.82) is 0 Å². The molecule has 26 heavy (non-hydrogen) atoms. The molecule has 0 bridgehead atoms. The molecule has 1 aliphatic rings. The number of fused-ring (bicyclic) bond motifs is 3. The Labute approximate surface area is 152 Å². The summed E-state index contributed by atoms with van der Waals surface area (Å²) < 4.78 is 9.94. The molecule has 1 unspecified atom stereocenters. The maximum Gasteiger partial charge on any atom is 0.407 e. The topological polar surface area (TPSA) is 90.6 Å². The number of ether oxygens (including phenoxy) is 2. The van der Waals surface area contributed by atoms with Gasteiger partial charge in [-0.2, -0.15) is 0 Å². The number of esters is 1. The van der Waals surface area contributed by atoms with Crippen LogP contribution < -0.4 is 11.1 Å². The van der Waals surface area contributed by atoms with Gasteiger partial charge >= 0.3 is 12.1 Å². The number of hydrogen-bond acceptors (Lipinski definition) is 5. The minimum absolute atomic E-state index is 0.0190. The summed E-state index contributed by atoms with van der Waals surface area (Å²) in [6.07, 6.45) is -0.236. The number of nitrogens with two attached hydrogens (primary N) is 1. The van der Waals surface area contributed by atoms with Crippen molar-refractivity contribution in [2.45, 2.75) is 18.4 Å². The largest absolute Gasteiger partial charge is 0.468 e. The van der Waals surface area contributed by atoms with Crippen LogP contribution in [0.1, 0.15) is 23.5 Å². The van der Waals surface area contributed by atoms with Crippen LogP contribution in [0.15, 0.2) is 48.5 Å². The molecule has 1 amide bonds. The Kier molecular flexibility index (Phi) is 5.53. The van der Waals surface area contributed by atoms with Crippen LogP contribution >= 0.6 is 0 Å². The Hall–Kier alpha value is -2.86. The fourth-order valence-corrected chi connectivity index (χ4v) is 3.25. The number of alkyl carbamates (subject to hydrolysis) is 1. The van der Waals surface area contributed by atoms with Crippen LogP contribution in [0.3, 0.4) is 0 Å². The van der Waals surface area contributed by atoms with Gasteiger partial charge in [0, 0.05) is 12.5 Å². The minimum atomic E-state index is -0.756. The molecule has 0 spiro atoms. The third kappa shape index (κ3) is 3.70. The molecule has 6 heteroatoms. The second-order valence-corrected chi connectivity index (χ2v) is 6.17. The maximum absolute atomic E-state index is 12.0. The molecule has 2 aromatic carbocycles. The van der Waals surface area contributed by atoms with E-state index in [4.69, 9.17) is 10.5 Å². The van der Waals surface area contributed by atoms with E-state index in [0.29, 0.717) is 0 Å². The number of rotatable bonds is 6. The summed E-state index contributed by atoms with van der Waals surface area (Å²) >= 11 is 0. The highest BCUT2D eigenvalue weighted by Gasteiger charge is 2.28. The van der Waals surface area contributed by atoms with Crippen LogP contribution in [0.2, 0.25) is 0 Å². The van der Waals surface area contributed by atoms with Crippen molar-refractivity contribution in [2.24, 2.45) is 5.73 Å². The van der Waals surface area contributed by atoms with E-state index >= 15 is 0 Å². The van der Waals surface area contributed by atoms with Crippen LogP contribution in [0.5, 0.6) is 0 Å². The van der Waals surface area contributed by atoms with Crippen molar-refractivity contribution in [3.8, 4) is 11.1 Å². The number of amides is 1. The van der Waals surface area contributed by atoms with Gasteiger partial charge in [0.2, 0.25) is 0 Å². The van der Waals surface area contributed by atoms with E-state index in [-0.39, 0.29) is 25.5 Å². The van der Waals surface area contributed by atoms with Gasteiger partial charge in [0.25, 0.3) is 0 Å². The highest BCUT2D eigenvalue weighted by atomic mass is 16.5. The summed E-state index contributed by atoms with van der Waals surface area (Å²) in [5, 5.41) is 2.62. The first kappa shape index (κ1) is 17.9. The average molecular weight is 354 g/mol. The monoisotopic (exact) mass is 354 g/mol. The highest BCUT2D eigenvalue weighted by Crippen LogP contribution is 2.44. The molecule has 0 radical (unpaired) electrons. The van der Waals surface area contributed by atoms with E-state index in [0.717, 1.165) is 11.1 Å². The number of carbonyl (C=O) groups is 2. The molecule has 1 atom stereocenters. The van der Waals surface area contributed by atoms with Crippen LogP contribution in [0, 0.1) is 0 Å². The Bertz CT molecular complexity index is 760. The Morgan fingerprint density at radius 1 is 1.08 bits per heavy atom. The second-order valence-electron chi connectivity index (χ2n) is 6.17. The van der Waals surface area contributed by atoms with Crippen molar-refractivity contribution in [3.63, 3.8) is 0 Å². The number of hydrogen-bond donors (Lipinski definition) is 2. The summed E-state index contributed by atoms with van der Waals surface area (Å²) in [6, 6.07) is 15.6. The van der Waals surface area contributed by atoms with Gasteiger partial charge in [-0.05, 0) is 28.7 Å². The van der Waals surface area contributed by atoms with E-state index < -0.39 is 18.1 Å². The quantitative estimate of drug-likeness (QED) is 0.778. The van der Waals surface area contributed by atoms with Crippen molar-refractivity contribution < 1.29 is 19.1 Å². The lowest BCUT2D eigenvalue weighted by Gasteiger charge is -2.15. The average Bonchev–Trinajstić information content (AvgIpc) is 2.99. The standard InChI is InChI=1S/C20H22N2O4/c1-25-19(23)18(21)10-11-22-20(24)26-12-17-15-8-4-2-6-13(15)14-7-3-5-9-16(14)17/h2-9,17-18H,10-12,21H2,1H3,(H,22,24). The van der Waals surface area contributed by atoms with Gasteiger partial charge in [-0.1, -0.05) is 48.5 Å². The molecule has 136 valence electrons. The SMILES string of the molecule is COC(=O)C(N)CCNC(=O)OCC1c2ccccc2-c2ccccc21. The number of carbonyl (C=O) groups excluding carboxylic acids is 2. The summed E-state index contributed by atoms with van der Waals surface area (Å²) in [4.78, 5) is 23.2. The van der Waals surface area contributed by atoms with Crippen LogP contribution in [-0.4, -0.2) is 38.4 Å². The van der Waals surface area contributed by atoms with E-state index in [1.807, 2.05) is 24.3 Å². The zero-order chi connectivity index (χ0) is 18.5. The summed E-state index contributed by atoms with van der Waals surface area (Å²) in [6.45, 7) is 0.496. The first-order valence-electron chi connectivity index (χ1n) is 8.54. The van der Waals surface area contributed by atoms with Gasteiger partial charge in [0.05, 0.1) is 7.11 Å². The van der Waals surface area contributed by atoms with Crippen molar-refractivity contribution >= 4 is 12.1 Å². The molecule has 0 saturated carbocycles. The van der Waals surface area contributed by atoms with E-state index in [2.05, 4.69) is 34.3 Å². The Balaban J connectivity index is 1.56. The molecule has 0 aromatic heterocycles. The molecule has 6 nitrogen and oxygen atoms in total. The predicted octanol–water partition coefficient (Wildman–Crippen LogP) is 2.42. The van der Waals surface area contributed by atoms with Crippen molar-refractivity contribution in [2.75, 3.05) is 20.3 Å². The lowest BCUT2D eigenvalue weighted by atomic mass is 9.98. The Morgan fingerprint density at radius 3 is 2.23 bits per heavy atom. The zero-order valence-electron chi connectivity index (χ0n) is 14.6. The van der Waals surface area contributed by atoms with Gasteiger partial charge in [-0.3, -0.25) is 4.79 Å². The molecule has 3 rings (SSSR count). The lowest BCUT2D eigenvalue weighted by Crippen LogP contribution is -2.36. The second kappa shape index (κ2) is 8.01. The van der Waals surface area contributed by atoms with Gasteiger partial charge < -0.3 is 20.5 Å². The zero-order valence-corrected chi connectivity index (χ0v) is 14.6. The molecular weight excluding hydrogens is 332 g/mol. The fraction of sp³-hybridized carbons (Fsp3) is 0.300. The molecule has 3 N–H and O–H groups in total. The predicted molar refractivity (Wildman–Crippen MR) is 97.7 cm³/mol. The molecule has 1 aliphatic carbocycles. The smallest absolute Gasteiger partial charge is 0.407 e. The summed E-state index contributed by atoms with van der Waals surface area (Å²) in [5.41, 5.74) is 10.3. The first-order valence-corrected chi connectivity index (χ1v) is 8.54. The highest BCUT2D eigenvalue weighted by molar-refractivity contribution is 5.79. The maximum atomic E-state index is 12.0. The van der Waals surface area contributed by atoms with E-state index in [9.17, 15) is 9.59 Å². The third-order valence-electron chi connectivity index (χ3n) is 4.57. The molecule has 0 aliphatic heterocycles. The van der Waals surface area contributed by atoms with Crippen LogP contribution in [0.4, 0.5) is 4.79 Å². The number of benzene rings is 2. The van der Waals surface area contributed by atoms with Crippen molar-refractivity contribution in [3.05, 3.63) is 59.7 Å². The van der Waals surface area contributed by atoms with Gasteiger partial charge in [-0.15, -0.1) is 0 Å². The lowest BCUT2D eigenvalue weighted by molar-refractivity contribution is -0.142. The van der Waals surface area contributed by atoms with E-state index in [1.165, 1.54) is 18.2 Å². The van der Waals surface area contributed by atoms with Gasteiger partial charge in [0.15, 0.2) is 0 Å². The molecular formula is C20H22N2O4. The Morgan fingerprint density at radius 2 is 1.65 bits per heavy atom. The van der Waals surface area contributed by atoms with Crippen molar-refractivity contribution in [1.82, 2.24) is 5.32 Å². The summed E-state index contributed by atoms with van der Waals surface area (Å²) in [7, 11) is 1.28. The summed E-state index contributed by atoms with van der Waals surface area (Å²) in [5.74, 6) is -0.482. The van der Waals surface area contributed by atoms with Crippen LogP contribution in [0.25, 0.3) is 11.1 Å². The van der Waals surface area contributed by atoms with Crippen LogP contribution in [-0.2, 0) is 14.3 Å². The number of nitrogens with one attached hydrogen (secondary N) is 1. The fourth-order valence-electron chi connectivity index (χ4n) is 3.25. The molecule has 0 saturated heterocycles. The first-order chi connectivity index (χ1) is 12.6. The van der Waals surface area contributed by atoms with E-state index in [1.54, 1.807) is 0 Å². The molecule has 2 aromatic rings. The van der Waals surface area contributed by atoms with Gasteiger partial charge in [-0.25, -0.2) is 4.79 Å².